The molecular weight excluding hydrogens is 342 g/mol. The summed E-state index contributed by atoms with van der Waals surface area (Å²) in [6.07, 6.45) is 0.752. The van der Waals surface area contributed by atoms with E-state index in [4.69, 9.17) is 9.47 Å². The van der Waals surface area contributed by atoms with Crippen LogP contribution in [-0.4, -0.2) is 69.8 Å². The molecule has 1 fully saturated rings. The third kappa shape index (κ3) is 3.57. The van der Waals surface area contributed by atoms with Crippen molar-refractivity contribution in [3.05, 3.63) is 33.5 Å². The second kappa shape index (κ2) is 7.85. The van der Waals surface area contributed by atoms with Crippen molar-refractivity contribution >= 4 is 17.1 Å². The Labute approximate surface area is 149 Å². The second-order valence-electron chi connectivity index (χ2n) is 6.09. The number of rotatable bonds is 7. The monoisotopic (exact) mass is 365 g/mol. The molecule has 3 rings (SSSR count). The number of nitrogens with one attached hydrogen (secondary N) is 1. The summed E-state index contributed by atoms with van der Waals surface area (Å²) in [7, 11) is 1.55. The maximum atomic E-state index is 12.4. The van der Waals surface area contributed by atoms with Crippen LogP contribution >= 0.6 is 0 Å². The van der Waals surface area contributed by atoms with E-state index < -0.39 is 17.4 Å². The van der Waals surface area contributed by atoms with Gasteiger partial charge in [0.25, 0.3) is 5.56 Å². The van der Waals surface area contributed by atoms with Crippen LogP contribution in [0.25, 0.3) is 11.2 Å². The first-order valence-electron chi connectivity index (χ1n) is 8.42. The van der Waals surface area contributed by atoms with Crippen LogP contribution in [0.3, 0.4) is 0 Å². The Balaban J connectivity index is 2.04. The number of aromatic nitrogens is 4. The Kier molecular flexibility index (Phi) is 5.55. The molecule has 0 bridgehead atoms. The van der Waals surface area contributed by atoms with Crippen LogP contribution in [0.1, 0.15) is 0 Å². The average molecular weight is 365 g/mol. The van der Waals surface area contributed by atoms with Gasteiger partial charge in [-0.15, -0.1) is 6.58 Å². The number of fused-ring (bicyclic) bond motifs is 1. The van der Waals surface area contributed by atoms with Crippen LogP contribution in [0, 0.1) is 0 Å². The number of aliphatic hydroxyl groups is 1. The van der Waals surface area contributed by atoms with Crippen LogP contribution in [-0.2, 0) is 23.1 Å². The molecule has 1 atom stereocenters. The van der Waals surface area contributed by atoms with Gasteiger partial charge in [0, 0.05) is 20.1 Å². The van der Waals surface area contributed by atoms with Crippen molar-refractivity contribution in [2.24, 2.45) is 7.05 Å². The van der Waals surface area contributed by atoms with E-state index in [2.05, 4.69) is 16.5 Å². The van der Waals surface area contributed by atoms with Gasteiger partial charge >= 0.3 is 5.69 Å². The molecule has 3 heterocycles. The summed E-state index contributed by atoms with van der Waals surface area (Å²) in [5.41, 5.74) is -0.541. The second-order valence-corrected chi connectivity index (χ2v) is 6.09. The Hall–Kier alpha value is -2.43. The van der Waals surface area contributed by atoms with E-state index in [1.807, 2.05) is 4.90 Å². The van der Waals surface area contributed by atoms with E-state index in [1.165, 1.54) is 4.57 Å². The predicted molar refractivity (Wildman–Crippen MR) is 95.6 cm³/mol. The zero-order valence-electron chi connectivity index (χ0n) is 14.7. The van der Waals surface area contributed by atoms with Gasteiger partial charge in [0.05, 0.1) is 39.1 Å². The molecule has 0 radical (unpaired) electrons. The lowest BCUT2D eigenvalue weighted by molar-refractivity contribution is 0.0402. The fourth-order valence-corrected chi connectivity index (χ4v) is 2.95. The Morgan fingerprint density at radius 2 is 2.15 bits per heavy atom. The number of hydrogen-bond acceptors (Lipinski definition) is 7. The molecule has 0 unspecified atom stereocenters. The zero-order valence-corrected chi connectivity index (χ0v) is 14.7. The lowest BCUT2D eigenvalue weighted by Gasteiger charge is -2.28. The summed E-state index contributed by atoms with van der Waals surface area (Å²) >= 11 is 0. The fourth-order valence-electron chi connectivity index (χ4n) is 2.95. The number of imidazole rings is 1. The van der Waals surface area contributed by atoms with Gasteiger partial charge in [0.2, 0.25) is 5.95 Å². The molecule has 0 spiro atoms. The van der Waals surface area contributed by atoms with E-state index in [0.717, 1.165) is 0 Å². The van der Waals surface area contributed by atoms with Gasteiger partial charge in [-0.1, -0.05) is 6.08 Å². The number of H-pyrrole nitrogens is 1. The minimum atomic E-state index is -0.844. The molecule has 2 aromatic rings. The van der Waals surface area contributed by atoms with E-state index in [1.54, 1.807) is 17.7 Å². The van der Waals surface area contributed by atoms with Crippen LogP contribution < -0.4 is 16.1 Å². The first-order valence-corrected chi connectivity index (χ1v) is 8.42. The smallest absolute Gasteiger partial charge is 0.329 e. The molecular formula is C16H23N5O5. The highest BCUT2D eigenvalue weighted by Gasteiger charge is 2.24. The molecule has 2 aromatic heterocycles. The number of ether oxygens (including phenoxy) is 2. The molecule has 0 amide bonds. The highest BCUT2D eigenvalue weighted by molar-refractivity contribution is 5.74. The van der Waals surface area contributed by atoms with Crippen LogP contribution in [0.5, 0.6) is 0 Å². The number of aryl methyl sites for hydroxylation is 1. The van der Waals surface area contributed by atoms with Crippen LogP contribution in [0.15, 0.2) is 22.2 Å². The summed E-state index contributed by atoms with van der Waals surface area (Å²) in [6.45, 7) is 6.40. The number of hydrogen-bond donors (Lipinski definition) is 2. The molecule has 10 nitrogen and oxygen atoms in total. The zero-order chi connectivity index (χ0) is 18.7. The van der Waals surface area contributed by atoms with Crippen molar-refractivity contribution in [1.29, 1.82) is 0 Å². The summed E-state index contributed by atoms with van der Waals surface area (Å²) in [5, 5.41) is 10.3. The third-order valence-corrected chi connectivity index (χ3v) is 4.22. The number of aromatic amines is 1. The highest BCUT2D eigenvalue weighted by atomic mass is 16.5. The maximum Gasteiger partial charge on any atom is 0.329 e. The van der Waals surface area contributed by atoms with E-state index in [0.29, 0.717) is 38.9 Å². The van der Waals surface area contributed by atoms with Gasteiger partial charge in [-0.2, -0.15) is 4.98 Å². The Morgan fingerprint density at radius 1 is 1.42 bits per heavy atom. The molecule has 0 aromatic carbocycles. The molecule has 1 aliphatic heterocycles. The third-order valence-electron chi connectivity index (χ3n) is 4.22. The number of morpholine rings is 1. The first kappa shape index (κ1) is 18.4. The summed E-state index contributed by atoms with van der Waals surface area (Å²) in [4.78, 5) is 33.1. The van der Waals surface area contributed by atoms with Gasteiger partial charge in [-0.05, 0) is 0 Å². The number of anilines is 1. The summed E-state index contributed by atoms with van der Waals surface area (Å²) < 4.78 is 13.6. The van der Waals surface area contributed by atoms with Crippen molar-refractivity contribution in [1.82, 2.24) is 19.1 Å². The first-order chi connectivity index (χ1) is 12.5. The molecule has 142 valence electrons. The standard InChI is InChI=1S/C16H23N5O5/c1-3-6-26-10-11(22)9-21-12-13(19(2)16(24)18-14(12)23)17-15(21)20-4-7-25-8-5-20/h3,11,22H,1,4-10H2,2H3,(H,18,23,24)/t11-/m0/s1. The quantitative estimate of drug-likeness (QED) is 0.469. The van der Waals surface area contributed by atoms with Crippen LogP contribution in [0.2, 0.25) is 0 Å². The van der Waals surface area contributed by atoms with Crippen molar-refractivity contribution in [2.45, 2.75) is 12.6 Å². The maximum absolute atomic E-state index is 12.4. The topological polar surface area (TPSA) is 115 Å². The van der Waals surface area contributed by atoms with E-state index >= 15 is 0 Å². The average Bonchev–Trinajstić information content (AvgIpc) is 3.00. The lowest BCUT2D eigenvalue weighted by atomic mass is 10.3. The van der Waals surface area contributed by atoms with E-state index in [9.17, 15) is 14.7 Å². The number of aliphatic hydroxyl groups excluding tert-OH is 1. The molecule has 2 N–H and O–H groups in total. The largest absolute Gasteiger partial charge is 0.389 e. The minimum absolute atomic E-state index is 0.0952. The molecule has 0 aliphatic carbocycles. The minimum Gasteiger partial charge on any atom is -0.389 e. The number of nitrogens with zero attached hydrogens (tertiary/aromatic N) is 4. The van der Waals surface area contributed by atoms with Gasteiger partial charge < -0.3 is 24.0 Å². The van der Waals surface area contributed by atoms with Gasteiger partial charge in [0.1, 0.15) is 0 Å². The highest BCUT2D eigenvalue weighted by Crippen LogP contribution is 2.21. The molecule has 1 aliphatic rings. The molecule has 26 heavy (non-hydrogen) atoms. The predicted octanol–water partition coefficient (Wildman–Crippen LogP) is -1.18. The Morgan fingerprint density at radius 3 is 2.85 bits per heavy atom. The van der Waals surface area contributed by atoms with Crippen molar-refractivity contribution in [3.8, 4) is 0 Å². The SMILES string of the molecule is C=CCOC[C@@H](O)Cn1c(N2CCOCC2)nc2c1c(=O)[nH]c(=O)n2C. The van der Waals surface area contributed by atoms with Gasteiger partial charge in [-0.25, -0.2) is 4.79 Å². The molecule has 10 heteroatoms. The summed E-state index contributed by atoms with van der Waals surface area (Å²) in [6, 6.07) is 0. The summed E-state index contributed by atoms with van der Waals surface area (Å²) in [5.74, 6) is 0.526. The van der Waals surface area contributed by atoms with Crippen molar-refractivity contribution < 1.29 is 14.6 Å². The normalized spacial score (nSPS) is 16.2. The van der Waals surface area contributed by atoms with Gasteiger partial charge in [0.15, 0.2) is 11.2 Å². The fraction of sp³-hybridized carbons (Fsp3) is 0.562. The lowest BCUT2D eigenvalue weighted by Crippen LogP contribution is -2.38. The van der Waals surface area contributed by atoms with Crippen LogP contribution in [0.4, 0.5) is 5.95 Å². The Bertz CT molecular complexity index is 893. The van der Waals surface area contributed by atoms with E-state index in [-0.39, 0.29) is 24.3 Å². The molecule has 0 saturated carbocycles. The van der Waals surface area contributed by atoms with Gasteiger partial charge in [-0.3, -0.25) is 14.3 Å². The molecule has 1 saturated heterocycles. The van der Waals surface area contributed by atoms with Crippen molar-refractivity contribution in [3.63, 3.8) is 0 Å². The van der Waals surface area contributed by atoms with Crippen molar-refractivity contribution in [2.75, 3.05) is 44.4 Å².